The Bertz CT molecular complexity index is 972. The number of aliphatic hydroxyl groups excluding tert-OH is 1. The second-order valence-electron chi connectivity index (χ2n) is 7.70. The van der Waals surface area contributed by atoms with Gasteiger partial charge in [-0.3, -0.25) is 4.57 Å². The number of alkyl halides is 3. The predicted molar refractivity (Wildman–Crippen MR) is 128 cm³/mol. The summed E-state index contributed by atoms with van der Waals surface area (Å²) in [7, 11) is -0.634. The molecule has 0 radical (unpaired) electrons. The van der Waals surface area contributed by atoms with Crippen molar-refractivity contribution in [2.75, 3.05) is 27.0 Å². The summed E-state index contributed by atoms with van der Waals surface area (Å²) in [5, 5.41) is 10.1. The van der Waals surface area contributed by atoms with Crippen molar-refractivity contribution >= 4 is 31.6 Å². The average Bonchev–Trinajstić information content (AvgIpc) is 2.78. The number of nitrogens with two attached hydrogens (primary N) is 1. The molecule has 1 atom stereocenters. The highest BCUT2D eigenvalue weighted by Gasteiger charge is 2.31. The van der Waals surface area contributed by atoms with Gasteiger partial charge in [0.15, 0.2) is 0 Å². The van der Waals surface area contributed by atoms with Gasteiger partial charge in [-0.1, -0.05) is 23.7 Å². The molecule has 0 fully saturated rings. The molecule has 0 spiro atoms. The summed E-state index contributed by atoms with van der Waals surface area (Å²) >= 11 is 6.33. The Morgan fingerprint density at radius 1 is 1.06 bits per heavy atom. The van der Waals surface area contributed by atoms with E-state index in [1.807, 2.05) is 0 Å². The van der Waals surface area contributed by atoms with E-state index in [4.69, 9.17) is 31.1 Å². The van der Waals surface area contributed by atoms with Gasteiger partial charge in [-0.15, -0.1) is 12.4 Å². The minimum Gasteiger partial charge on any atom is -0.457 e. The molecule has 34 heavy (non-hydrogen) atoms. The molecule has 3 N–H and O–H groups in total. The molecule has 0 aromatic heterocycles. The smallest absolute Gasteiger partial charge is 0.416 e. The normalized spacial score (nSPS) is 13.8. The van der Waals surface area contributed by atoms with Crippen LogP contribution >= 0.6 is 31.6 Å². The second kappa shape index (κ2) is 13.1. The lowest BCUT2D eigenvalue weighted by molar-refractivity contribution is -0.137. The number of aryl methyl sites for hydroxylation is 1. The van der Waals surface area contributed by atoms with E-state index in [0.717, 1.165) is 17.7 Å². The van der Waals surface area contributed by atoms with E-state index in [1.54, 1.807) is 12.1 Å². The SMILES string of the molecule is COP(=O)(CCC(N)(CO)CCCc1ccc(Oc2cccc(C(F)(F)F)c2)cc1Cl)OC.Cl. The number of benzene rings is 2. The van der Waals surface area contributed by atoms with E-state index in [2.05, 4.69) is 0 Å². The van der Waals surface area contributed by atoms with Crippen molar-refractivity contribution in [3.8, 4) is 11.5 Å². The van der Waals surface area contributed by atoms with Crippen molar-refractivity contribution in [3.63, 3.8) is 0 Å². The Morgan fingerprint density at radius 2 is 1.71 bits per heavy atom. The van der Waals surface area contributed by atoms with Crippen LogP contribution in [-0.4, -0.2) is 37.6 Å². The molecule has 0 aliphatic heterocycles. The molecule has 0 bridgehead atoms. The van der Waals surface area contributed by atoms with Crippen LogP contribution in [0.2, 0.25) is 5.02 Å². The standard InChI is InChI=1S/C22H28ClF3NO5P.ClH/c1-30-33(29,31-2)12-11-21(27,15-28)10-4-5-16-8-9-19(14-20(16)23)32-18-7-3-6-17(13-18)22(24,25)26;/h3,6-9,13-14,28H,4-5,10-12,15,27H2,1-2H3;1H. The lowest BCUT2D eigenvalue weighted by atomic mass is 9.91. The maximum absolute atomic E-state index is 12.9. The van der Waals surface area contributed by atoms with Crippen molar-refractivity contribution < 1.29 is 36.6 Å². The minimum atomic E-state index is -4.46. The van der Waals surface area contributed by atoms with Gasteiger partial charge in [0.2, 0.25) is 0 Å². The molecule has 2 rings (SSSR count). The molecule has 0 heterocycles. The zero-order valence-corrected chi connectivity index (χ0v) is 21.3. The average molecular weight is 546 g/mol. The molecule has 1 unspecified atom stereocenters. The van der Waals surface area contributed by atoms with Crippen LogP contribution in [0, 0.1) is 0 Å². The molecule has 0 amide bonds. The maximum atomic E-state index is 12.9. The largest absolute Gasteiger partial charge is 0.457 e. The number of aliphatic hydroxyl groups is 1. The van der Waals surface area contributed by atoms with Gasteiger partial charge in [0.1, 0.15) is 11.5 Å². The van der Waals surface area contributed by atoms with Crippen LogP contribution in [0.25, 0.3) is 0 Å². The molecule has 2 aromatic rings. The summed E-state index contributed by atoms with van der Waals surface area (Å²) < 4.78 is 66.2. The molecule has 12 heteroatoms. The van der Waals surface area contributed by atoms with Crippen molar-refractivity contribution in [3.05, 3.63) is 58.6 Å². The minimum absolute atomic E-state index is 0. The number of halogens is 5. The molecule has 0 saturated heterocycles. The number of hydrogen-bond donors (Lipinski definition) is 2. The topological polar surface area (TPSA) is 91.0 Å². The Morgan fingerprint density at radius 3 is 2.26 bits per heavy atom. The van der Waals surface area contributed by atoms with Gasteiger partial charge in [0.25, 0.3) is 0 Å². The van der Waals surface area contributed by atoms with Crippen LogP contribution in [0.1, 0.15) is 30.4 Å². The van der Waals surface area contributed by atoms with Crippen LogP contribution in [0.15, 0.2) is 42.5 Å². The van der Waals surface area contributed by atoms with Crippen LogP contribution in [-0.2, 0) is 26.2 Å². The van der Waals surface area contributed by atoms with E-state index in [9.17, 15) is 22.8 Å². The van der Waals surface area contributed by atoms with Gasteiger partial charge in [-0.2, -0.15) is 13.2 Å². The van der Waals surface area contributed by atoms with E-state index in [1.165, 1.54) is 32.4 Å². The van der Waals surface area contributed by atoms with Gasteiger partial charge in [0, 0.05) is 24.8 Å². The third-order valence-electron chi connectivity index (χ3n) is 5.30. The van der Waals surface area contributed by atoms with Crippen molar-refractivity contribution in [2.45, 2.75) is 37.4 Å². The number of hydrogen-bond acceptors (Lipinski definition) is 6. The Balaban J connectivity index is 0.00000578. The van der Waals surface area contributed by atoms with Crippen LogP contribution in [0.5, 0.6) is 11.5 Å². The van der Waals surface area contributed by atoms with Crippen LogP contribution in [0.4, 0.5) is 13.2 Å². The summed E-state index contributed by atoms with van der Waals surface area (Å²) in [6, 6.07) is 9.47. The third kappa shape index (κ3) is 9.04. The highest BCUT2D eigenvalue weighted by atomic mass is 35.5. The first kappa shape index (κ1) is 30.7. The summed E-state index contributed by atoms with van der Waals surface area (Å²) in [6.07, 6.45) is -2.55. The van der Waals surface area contributed by atoms with Gasteiger partial charge >= 0.3 is 13.8 Å². The fourth-order valence-electron chi connectivity index (χ4n) is 3.20. The number of rotatable bonds is 12. The van der Waals surface area contributed by atoms with Crippen LogP contribution in [0.3, 0.4) is 0 Å². The lowest BCUT2D eigenvalue weighted by Crippen LogP contribution is -2.44. The third-order valence-corrected chi connectivity index (χ3v) is 7.53. The molecular formula is C22H29Cl2F3NO5P. The monoisotopic (exact) mass is 545 g/mol. The molecule has 2 aromatic carbocycles. The van der Waals surface area contributed by atoms with Crippen molar-refractivity contribution in [1.29, 1.82) is 0 Å². The Labute approximate surface area is 208 Å². The zero-order valence-electron chi connectivity index (χ0n) is 18.8. The fraction of sp³-hybridized carbons (Fsp3) is 0.455. The number of ether oxygens (including phenoxy) is 1. The summed E-state index contributed by atoms with van der Waals surface area (Å²) in [6.45, 7) is -0.294. The first-order valence-corrected chi connectivity index (χ1v) is 12.3. The van der Waals surface area contributed by atoms with E-state index in [-0.39, 0.29) is 37.3 Å². The lowest BCUT2D eigenvalue weighted by Gasteiger charge is -2.28. The summed E-state index contributed by atoms with van der Waals surface area (Å²) in [5.41, 5.74) is 5.30. The Kier molecular flexibility index (Phi) is 11.8. The Hall–Kier alpha value is -1.32. The van der Waals surface area contributed by atoms with E-state index >= 15 is 0 Å². The molecule has 0 aliphatic rings. The summed E-state index contributed by atoms with van der Waals surface area (Å²) in [4.78, 5) is 0. The quantitative estimate of drug-likeness (QED) is 0.297. The van der Waals surface area contributed by atoms with Crippen molar-refractivity contribution in [2.24, 2.45) is 5.73 Å². The van der Waals surface area contributed by atoms with Gasteiger partial charge in [-0.05, 0) is 61.6 Å². The molecule has 0 saturated carbocycles. The highest BCUT2D eigenvalue weighted by molar-refractivity contribution is 7.53. The second-order valence-corrected chi connectivity index (χ2v) is 10.5. The first-order valence-electron chi connectivity index (χ1n) is 10.2. The van der Waals surface area contributed by atoms with E-state index < -0.39 is 24.9 Å². The molecular weight excluding hydrogens is 517 g/mol. The van der Waals surface area contributed by atoms with E-state index in [0.29, 0.717) is 30.0 Å². The predicted octanol–water partition coefficient (Wildman–Crippen LogP) is 6.46. The van der Waals surface area contributed by atoms with Gasteiger partial charge < -0.3 is 24.6 Å². The first-order chi connectivity index (χ1) is 15.4. The zero-order chi connectivity index (χ0) is 24.7. The fourth-order valence-corrected chi connectivity index (χ4v) is 4.70. The van der Waals surface area contributed by atoms with Gasteiger partial charge in [-0.25, -0.2) is 0 Å². The van der Waals surface area contributed by atoms with Crippen LogP contribution < -0.4 is 10.5 Å². The van der Waals surface area contributed by atoms with Gasteiger partial charge in [0.05, 0.1) is 18.3 Å². The van der Waals surface area contributed by atoms with Crippen molar-refractivity contribution in [1.82, 2.24) is 0 Å². The molecule has 6 nitrogen and oxygen atoms in total. The molecule has 0 aliphatic carbocycles. The summed E-state index contributed by atoms with van der Waals surface area (Å²) in [5.74, 6) is 0.357. The molecule has 192 valence electrons. The highest BCUT2D eigenvalue weighted by Crippen LogP contribution is 2.47. The maximum Gasteiger partial charge on any atom is 0.416 e.